The van der Waals surface area contributed by atoms with Gasteiger partial charge in [0.05, 0.1) is 27.7 Å². The first-order valence-electron chi connectivity index (χ1n) is 30.0. The third-order valence-electron chi connectivity index (χ3n) is 13.1. The minimum atomic E-state index is -4.65. The van der Waals surface area contributed by atoms with Crippen LogP contribution in [0.1, 0.15) is 271 Å². The molecule has 0 aliphatic carbocycles. The molecule has 2 unspecified atom stereocenters. The molecule has 0 aliphatic rings. The number of rotatable bonds is 55. The lowest BCUT2D eigenvalue weighted by molar-refractivity contribution is -0.870. The molecule has 0 amide bonds. The van der Waals surface area contributed by atoms with Crippen molar-refractivity contribution in [3.8, 4) is 0 Å². The molecule has 0 saturated heterocycles. The van der Waals surface area contributed by atoms with Crippen molar-refractivity contribution >= 4 is 19.8 Å². The van der Waals surface area contributed by atoms with Crippen LogP contribution in [0, 0.1) is 0 Å². The van der Waals surface area contributed by atoms with E-state index in [4.69, 9.17) is 18.5 Å². The first-order chi connectivity index (χ1) is 35.0. The Hall–Kier alpha value is -2.29. The van der Waals surface area contributed by atoms with Crippen LogP contribution in [0.5, 0.6) is 0 Å². The lowest BCUT2D eigenvalue weighted by Gasteiger charge is -2.28. The summed E-state index contributed by atoms with van der Waals surface area (Å²) in [4.78, 5) is 37.9. The maximum Gasteiger partial charge on any atom is 0.306 e. The molecule has 0 rings (SSSR count). The summed E-state index contributed by atoms with van der Waals surface area (Å²) in [6.45, 7) is 4.12. The van der Waals surface area contributed by atoms with Gasteiger partial charge in [0.15, 0.2) is 6.10 Å². The third kappa shape index (κ3) is 57.0. The fourth-order valence-corrected chi connectivity index (χ4v) is 9.18. The number of likely N-dealkylation sites (N-methyl/N-ethyl adjacent to an activating group) is 1. The quantitative estimate of drug-likeness (QED) is 0.0195. The second kappa shape index (κ2) is 53.5. The number of phosphoric acid groups is 1. The van der Waals surface area contributed by atoms with Gasteiger partial charge in [-0.05, 0) is 57.8 Å². The number of carbonyl (C=O) groups is 2. The van der Waals surface area contributed by atoms with Gasteiger partial charge >= 0.3 is 11.9 Å². The van der Waals surface area contributed by atoms with Gasteiger partial charge in [0.2, 0.25) is 0 Å². The number of nitrogens with zero attached hydrogens (tertiary/aromatic N) is 1. The van der Waals surface area contributed by atoms with E-state index in [1.54, 1.807) is 0 Å². The Labute approximate surface area is 445 Å². The zero-order chi connectivity index (χ0) is 52.7. The Morgan fingerprint density at radius 1 is 0.444 bits per heavy atom. The molecular weight excluding hydrogens is 918 g/mol. The smallest absolute Gasteiger partial charge is 0.306 e. The number of hydrogen-bond acceptors (Lipinski definition) is 8. The van der Waals surface area contributed by atoms with Gasteiger partial charge in [0, 0.05) is 12.8 Å². The minimum absolute atomic E-state index is 0.0387. The standard InChI is InChI=1S/C62H114NO8P/c1-6-8-10-12-14-16-18-20-22-24-26-27-28-29-30-31-32-33-34-35-37-38-40-42-44-46-48-50-52-54-61(64)68-58-60(59-70-72(66,67)69-57-56-63(3,4)5)71-62(65)55-53-51-49-47-45-43-41-39-36-25-23-21-19-17-15-13-11-9-7-2/h9,11,15,17,21,23,36,39,43,45,60H,6-8,10,12-14,16,18-20,22,24-35,37-38,40-42,44,46-59H2,1-5H3/b11-9-,17-15-,23-21-,39-36-,45-43-. The number of hydrogen-bond donors (Lipinski definition) is 0. The summed E-state index contributed by atoms with van der Waals surface area (Å²) in [6, 6.07) is 0. The van der Waals surface area contributed by atoms with Crippen LogP contribution in [0.25, 0.3) is 0 Å². The summed E-state index contributed by atoms with van der Waals surface area (Å²) >= 11 is 0. The van der Waals surface area contributed by atoms with E-state index in [-0.39, 0.29) is 32.0 Å². The zero-order valence-corrected chi connectivity index (χ0v) is 48.5. The van der Waals surface area contributed by atoms with Crippen molar-refractivity contribution < 1.29 is 42.1 Å². The maximum absolute atomic E-state index is 12.8. The van der Waals surface area contributed by atoms with Gasteiger partial charge in [0.1, 0.15) is 19.8 Å². The van der Waals surface area contributed by atoms with E-state index >= 15 is 0 Å². The number of ether oxygens (including phenoxy) is 2. The molecule has 0 radical (unpaired) electrons. The Morgan fingerprint density at radius 3 is 1.18 bits per heavy atom. The normalized spacial score (nSPS) is 13.7. The van der Waals surface area contributed by atoms with Crippen molar-refractivity contribution in [2.45, 2.75) is 277 Å². The average Bonchev–Trinajstić information content (AvgIpc) is 3.34. The van der Waals surface area contributed by atoms with Crippen molar-refractivity contribution in [2.24, 2.45) is 0 Å². The molecule has 10 heteroatoms. The molecular formula is C62H114NO8P. The molecule has 0 heterocycles. The predicted octanol–water partition coefficient (Wildman–Crippen LogP) is 18.1. The van der Waals surface area contributed by atoms with E-state index in [2.05, 4.69) is 74.6 Å². The second-order valence-corrected chi connectivity index (χ2v) is 22.8. The Balaban J connectivity index is 4.11. The predicted molar refractivity (Wildman–Crippen MR) is 305 cm³/mol. The van der Waals surface area contributed by atoms with Crippen molar-refractivity contribution in [2.75, 3.05) is 47.5 Å². The lowest BCUT2D eigenvalue weighted by atomic mass is 10.0. The number of allylic oxidation sites excluding steroid dienone is 10. The second-order valence-electron chi connectivity index (χ2n) is 21.3. The van der Waals surface area contributed by atoms with Gasteiger partial charge in [-0.15, -0.1) is 0 Å². The van der Waals surface area contributed by atoms with Gasteiger partial charge in [-0.1, -0.05) is 261 Å². The monoisotopic (exact) mass is 1030 g/mol. The van der Waals surface area contributed by atoms with Gasteiger partial charge in [0.25, 0.3) is 7.82 Å². The molecule has 0 aromatic heterocycles. The van der Waals surface area contributed by atoms with E-state index in [0.717, 1.165) is 70.6 Å². The highest BCUT2D eigenvalue weighted by molar-refractivity contribution is 7.45. The van der Waals surface area contributed by atoms with E-state index in [0.29, 0.717) is 17.4 Å². The van der Waals surface area contributed by atoms with E-state index in [1.807, 2.05) is 21.1 Å². The molecule has 0 N–H and O–H groups in total. The highest BCUT2D eigenvalue weighted by atomic mass is 31.2. The van der Waals surface area contributed by atoms with Crippen molar-refractivity contribution in [1.29, 1.82) is 0 Å². The zero-order valence-electron chi connectivity index (χ0n) is 47.6. The molecule has 0 aromatic carbocycles. The van der Waals surface area contributed by atoms with Gasteiger partial charge in [-0.25, -0.2) is 0 Å². The van der Waals surface area contributed by atoms with Crippen LogP contribution in [0.3, 0.4) is 0 Å². The molecule has 0 saturated carbocycles. The van der Waals surface area contributed by atoms with Crippen LogP contribution in [-0.2, 0) is 32.7 Å². The molecule has 0 fully saturated rings. The van der Waals surface area contributed by atoms with Crippen LogP contribution in [0.2, 0.25) is 0 Å². The topological polar surface area (TPSA) is 111 Å². The van der Waals surface area contributed by atoms with Crippen LogP contribution in [0.15, 0.2) is 60.8 Å². The Kier molecular flexibility index (Phi) is 51.8. The molecule has 420 valence electrons. The van der Waals surface area contributed by atoms with Crippen LogP contribution in [-0.4, -0.2) is 70.0 Å². The molecule has 9 nitrogen and oxygen atoms in total. The molecule has 0 bridgehead atoms. The maximum atomic E-state index is 12.8. The summed E-state index contributed by atoms with van der Waals surface area (Å²) in [7, 11) is 1.15. The van der Waals surface area contributed by atoms with Crippen molar-refractivity contribution in [1.82, 2.24) is 0 Å². The molecule has 72 heavy (non-hydrogen) atoms. The molecule has 0 spiro atoms. The molecule has 0 aliphatic heterocycles. The number of unbranched alkanes of at least 4 members (excludes halogenated alkanes) is 31. The summed E-state index contributed by atoms with van der Waals surface area (Å²) in [5, 5.41) is 0. The minimum Gasteiger partial charge on any atom is -0.756 e. The summed E-state index contributed by atoms with van der Waals surface area (Å²) in [5.41, 5.74) is 0. The van der Waals surface area contributed by atoms with Crippen molar-refractivity contribution in [3.63, 3.8) is 0 Å². The fraction of sp³-hybridized carbons (Fsp3) is 0.806. The van der Waals surface area contributed by atoms with Crippen LogP contribution < -0.4 is 4.89 Å². The first kappa shape index (κ1) is 69.7. The third-order valence-corrected chi connectivity index (χ3v) is 14.0. The highest BCUT2D eigenvalue weighted by Gasteiger charge is 2.22. The summed E-state index contributed by atoms with van der Waals surface area (Å²) < 4.78 is 34.1. The number of carbonyl (C=O) groups excluding carboxylic acids is 2. The highest BCUT2D eigenvalue weighted by Crippen LogP contribution is 2.38. The average molecular weight is 1030 g/mol. The van der Waals surface area contributed by atoms with E-state index < -0.39 is 26.5 Å². The number of phosphoric ester groups is 1. The van der Waals surface area contributed by atoms with Crippen LogP contribution >= 0.6 is 7.82 Å². The lowest BCUT2D eigenvalue weighted by Crippen LogP contribution is -2.37. The van der Waals surface area contributed by atoms with Crippen molar-refractivity contribution in [3.05, 3.63) is 60.8 Å². The van der Waals surface area contributed by atoms with Gasteiger partial charge < -0.3 is 27.9 Å². The largest absolute Gasteiger partial charge is 0.756 e. The van der Waals surface area contributed by atoms with Gasteiger partial charge in [-0.2, -0.15) is 0 Å². The van der Waals surface area contributed by atoms with E-state index in [9.17, 15) is 19.0 Å². The Bertz CT molecular complexity index is 1400. The fourth-order valence-electron chi connectivity index (χ4n) is 8.45. The van der Waals surface area contributed by atoms with Gasteiger partial charge in [-0.3, -0.25) is 14.2 Å². The summed E-state index contributed by atoms with van der Waals surface area (Å²) in [5.74, 6) is -0.863. The molecule has 2 atom stereocenters. The molecule has 0 aromatic rings. The SMILES string of the molecule is CC/C=C\C/C=C\C/C=C\C/C=C\C/C=C\CCCCCC(=O)OC(COC(=O)CCCCCCCCCCCCCCCCCCCCCCCCCCCCCCC)COP(=O)([O-])OCC[N+](C)(C)C. The van der Waals surface area contributed by atoms with Crippen LogP contribution in [0.4, 0.5) is 0 Å². The Morgan fingerprint density at radius 2 is 0.792 bits per heavy atom. The van der Waals surface area contributed by atoms with E-state index in [1.165, 1.54) is 167 Å². The number of quaternary nitrogens is 1. The summed E-state index contributed by atoms with van der Waals surface area (Å²) in [6.07, 6.45) is 68.6. The first-order valence-corrected chi connectivity index (χ1v) is 31.5. The number of esters is 2.